The molecule has 1 aromatic rings. The van der Waals surface area contributed by atoms with Crippen molar-refractivity contribution in [2.45, 2.75) is 38.3 Å². The quantitative estimate of drug-likeness (QED) is 0.591. The first kappa shape index (κ1) is 11.0. The van der Waals surface area contributed by atoms with Gasteiger partial charge in [0.15, 0.2) is 5.96 Å². The van der Waals surface area contributed by atoms with Crippen LogP contribution in [0.15, 0.2) is 17.3 Å². The number of rotatable bonds is 3. The molecule has 0 radical (unpaired) electrons. The van der Waals surface area contributed by atoms with Crippen LogP contribution in [0.4, 0.5) is 0 Å². The molecule has 2 rings (SSSR count). The number of hydrogen-bond acceptors (Lipinski definition) is 2. The van der Waals surface area contributed by atoms with Gasteiger partial charge in [-0.15, -0.1) is 0 Å². The van der Waals surface area contributed by atoms with Gasteiger partial charge in [-0.3, -0.25) is 9.67 Å². The molecule has 1 saturated carbocycles. The van der Waals surface area contributed by atoms with Gasteiger partial charge in [0.25, 0.3) is 0 Å². The molecule has 5 heteroatoms. The summed E-state index contributed by atoms with van der Waals surface area (Å²) in [6.07, 6.45) is 7.23. The lowest BCUT2D eigenvalue weighted by Gasteiger charge is -2.08. The molecule has 0 unspecified atom stereocenters. The molecule has 1 aromatic heterocycles. The number of nitrogens with two attached hydrogens (primary N) is 1. The first-order valence-electron chi connectivity index (χ1n) is 5.80. The third-order valence-corrected chi connectivity index (χ3v) is 3.05. The highest BCUT2D eigenvalue weighted by Crippen LogP contribution is 2.28. The molecule has 0 bridgehead atoms. The van der Waals surface area contributed by atoms with Crippen molar-refractivity contribution in [2.75, 3.05) is 7.05 Å². The highest BCUT2D eigenvalue weighted by atomic mass is 15.3. The van der Waals surface area contributed by atoms with E-state index in [-0.39, 0.29) is 0 Å². The lowest BCUT2D eigenvalue weighted by atomic mass is 10.3. The van der Waals surface area contributed by atoms with E-state index in [1.807, 2.05) is 6.07 Å². The number of nitrogens with one attached hydrogen (secondary N) is 1. The highest BCUT2D eigenvalue weighted by molar-refractivity contribution is 5.77. The zero-order valence-electron chi connectivity index (χ0n) is 9.69. The Hall–Kier alpha value is -1.52. The summed E-state index contributed by atoms with van der Waals surface area (Å²) in [5.41, 5.74) is 6.57. The van der Waals surface area contributed by atoms with Crippen molar-refractivity contribution >= 4 is 5.96 Å². The summed E-state index contributed by atoms with van der Waals surface area (Å²) in [5, 5.41) is 7.55. The molecule has 1 fully saturated rings. The number of aromatic nitrogens is 2. The van der Waals surface area contributed by atoms with Gasteiger partial charge in [-0.2, -0.15) is 5.10 Å². The lowest BCUT2D eigenvalue weighted by molar-refractivity contribution is 0.462. The van der Waals surface area contributed by atoms with Gasteiger partial charge in [0.2, 0.25) is 0 Å². The third kappa shape index (κ3) is 2.53. The molecule has 1 aliphatic carbocycles. The molecule has 1 heterocycles. The Labute approximate surface area is 95.7 Å². The van der Waals surface area contributed by atoms with Crippen LogP contribution in [0.1, 0.15) is 37.4 Å². The standard InChI is InChI=1S/C11H19N5/c1-13-11(12)14-8-9-6-7-16(15-9)10-4-2-3-5-10/h6-7,10H,2-5,8H2,1H3,(H3,12,13,14). The average Bonchev–Trinajstić information content (AvgIpc) is 2.95. The Bertz CT molecular complexity index is 362. The van der Waals surface area contributed by atoms with E-state index in [0.717, 1.165) is 5.69 Å². The molecule has 0 saturated heterocycles. The molecule has 3 N–H and O–H groups in total. The molecule has 0 aromatic carbocycles. The van der Waals surface area contributed by atoms with Crippen LogP contribution in [0.2, 0.25) is 0 Å². The molecule has 0 amide bonds. The fraction of sp³-hybridized carbons (Fsp3) is 0.636. The lowest BCUT2D eigenvalue weighted by Crippen LogP contribution is -2.30. The molecule has 88 valence electrons. The van der Waals surface area contributed by atoms with Gasteiger partial charge in [-0.05, 0) is 18.9 Å². The van der Waals surface area contributed by atoms with Gasteiger partial charge in [-0.25, -0.2) is 0 Å². The van der Waals surface area contributed by atoms with Gasteiger partial charge < -0.3 is 11.1 Å². The summed E-state index contributed by atoms with van der Waals surface area (Å²) >= 11 is 0. The van der Waals surface area contributed by atoms with Crippen molar-refractivity contribution in [1.82, 2.24) is 15.1 Å². The van der Waals surface area contributed by atoms with Gasteiger partial charge in [0.1, 0.15) is 0 Å². The number of nitrogens with zero attached hydrogens (tertiary/aromatic N) is 3. The van der Waals surface area contributed by atoms with E-state index >= 15 is 0 Å². The second-order valence-electron chi connectivity index (χ2n) is 4.19. The van der Waals surface area contributed by atoms with Crippen LogP contribution in [-0.4, -0.2) is 22.8 Å². The maximum Gasteiger partial charge on any atom is 0.188 e. The predicted octanol–water partition coefficient (Wildman–Crippen LogP) is 1.03. The highest BCUT2D eigenvalue weighted by Gasteiger charge is 2.17. The van der Waals surface area contributed by atoms with Crippen LogP contribution >= 0.6 is 0 Å². The van der Waals surface area contributed by atoms with Crippen LogP contribution in [-0.2, 0) is 6.54 Å². The molecule has 5 nitrogen and oxygen atoms in total. The van der Waals surface area contributed by atoms with Crippen molar-refractivity contribution in [2.24, 2.45) is 10.7 Å². The zero-order valence-corrected chi connectivity index (χ0v) is 9.69. The molecule has 0 aliphatic heterocycles. The monoisotopic (exact) mass is 221 g/mol. The van der Waals surface area contributed by atoms with Gasteiger partial charge in [0.05, 0.1) is 18.3 Å². The maximum absolute atomic E-state index is 5.55. The van der Waals surface area contributed by atoms with E-state index in [1.54, 1.807) is 7.05 Å². The van der Waals surface area contributed by atoms with Crippen molar-refractivity contribution in [1.29, 1.82) is 0 Å². The molecule has 0 spiro atoms. The van der Waals surface area contributed by atoms with Gasteiger partial charge >= 0.3 is 0 Å². The topological polar surface area (TPSA) is 68.2 Å². The predicted molar refractivity (Wildman–Crippen MR) is 64.1 cm³/mol. The first-order chi connectivity index (χ1) is 7.79. The average molecular weight is 221 g/mol. The Morgan fingerprint density at radius 3 is 3.06 bits per heavy atom. The first-order valence-corrected chi connectivity index (χ1v) is 5.80. The summed E-state index contributed by atoms with van der Waals surface area (Å²) in [4.78, 5) is 3.84. The minimum absolute atomic E-state index is 0.454. The molecular formula is C11H19N5. The summed E-state index contributed by atoms with van der Waals surface area (Å²) in [6, 6.07) is 2.64. The SMILES string of the molecule is CN=C(N)NCc1ccn(C2CCCC2)n1. The molecule has 16 heavy (non-hydrogen) atoms. The number of hydrogen-bond donors (Lipinski definition) is 2. The third-order valence-electron chi connectivity index (χ3n) is 3.05. The summed E-state index contributed by atoms with van der Waals surface area (Å²) in [6.45, 7) is 0.642. The van der Waals surface area contributed by atoms with E-state index in [0.29, 0.717) is 18.5 Å². The molecule has 1 aliphatic rings. The fourth-order valence-electron chi connectivity index (χ4n) is 2.10. The van der Waals surface area contributed by atoms with E-state index in [2.05, 4.69) is 26.3 Å². The van der Waals surface area contributed by atoms with Crippen LogP contribution in [0.5, 0.6) is 0 Å². The van der Waals surface area contributed by atoms with Crippen LogP contribution < -0.4 is 11.1 Å². The number of guanidine groups is 1. The Balaban J connectivity index is 1.91. The van der Waals surface area contributed by atoms with E-state index in [9.17, 15) is 0 Å². The molecule has 0 atom stereocenters. The Morgan fingerprint density at radius 2 is 2.38 bits per heavy atom. The van der Waals surface area contributed by atoms with Crippen molar-refractivity contribution in [3.8, 4) is 0 Å². The van der Waals surface area contributed by atoms with E-state index in [1.165, 1.54) is 25.7 Å². The number of aliphatic imine (C=N–C) groups is 1. The largest absolute Gasteiger partial charge is 0.370 e. The van der Waals surface area contributed by atoms with Gasteiger partial charge in [-0.1, -0.05) is 12.8 Å². The Morgan fingerprint density at radius 1 is 1.62 bits per heavy atom. The van der Waals surface area contributed by atoms with E-state index < -0.39 is 0 Å². The minimum atomic E-state index is 0.454. The summed E-state index contributed by atoms with van der Waals surface area (Å²) in [5.74, 6) is 0.454. The van der Waals surface area contributed by atoms with E-state index in [4.69, 9.17) is 5.73 Å². The maximum atomic E-state index is 5.55. The van der Waals surface area contributed by atoms with Crippen LogP contribution in [0, 0.1) is 0 Å². The van der Waals surface area contributed by atoms with Crippen LogP contribution in [0.25, 0.3) is 0 Å². The Kier molecular flexibility index (Phi) is 3.44. The second kappa shape index (κ2) is 5.01. The minimum Gasteiger partial charge on any atom is -0.370 e. The second-order valence-corrected chi connectivity index (χ2v) is 4.19. The zero-order chi connectivity index (χ0) is 11.4. The summed E-state index contributed by atoms with van der Waals surface area (Å²) < 4.78 is 2.09. The normalized spacial score (nSPS) is 17.9. The van der Waals surface area contributed by atoms with Crippen molar-refractivity contribution < 1.29 is 0 Å². The summed E-state index contributed by atoms with van der Waals surface area (Å²) in [7, 11) is 1.67. The van der Waals surface area contributed by atoms with Gasteiger partial charge in [0, 0.05) is 13.2 Å². The van der Waals surface area contributed by atoms with Crippen molar-refractivity contribution in [3.05, 3.63) is 18.0 Å². The fourth-order valence-corrected chi connectivity index (χ4v) is 2.10. The smallest absolute Gasteiger partial charge is 0.188 e. The molecular weight excluding hydrogens is 202 g/mol. The van der Waals surface area contributed by atoms with Crippen LogP contribution in [0.3, 0.4) is 0 Å². The van der Waals surface area contributed by atoms with Crippen molar-refractivity contribution in [3.63, 3.8) is 0 Å².